The van der Waals surface area contributed by atoms with Crippen LogP contribution in [0.1, 0.15) is 41.6 Å². The molecule has 0 amide bonds. The second-order valence-corrected chi connectivity index (χ2v) is 5.20. The summed E-state index contributed by atoms with van der Waals surface area (Å²) in [6.45, 7) is 2.85. The molecule has 1 saturated heterocycles. The molecule has 0 radical (unpaired) electrons. The van der Waals surface area contributed by atoms with E-state index in [1.807, 2.05) is 19.1 Å². The molecule has 0 aliphatic carbocycles. The van der Waals surface area contributed by atoms with Gasteiger partial charge in [0.25, 0.3) is 0 Å². The average Bonchev–Trinajstić information content (AvgIpc) is 2.63. The molecule has 1 aliphatic heterocycles. The number of aromatic carboxylic acids is 1. The number of aliphatic hydroxyl groups is 1. The zero-order valence-corrected chi connectivity index (χ0v) is 11.3. The number of hydrogen-bond donors (Lipinski definition) is 2. The fourth-order valence-electron chi connectivity index (χ4n) is 2.74. The van der Waals surface area contributed by atoms with Gasteiger partial charge >= 0.3 is 5.97 Å². The predicted octanol–water partition coefficient (Wildman–Crippen LogP) is 2.43. The van der Waals surface area contributed by atoms with Crippen LogP contribution in [0.4, 0.5) is 5.69 Å². The Morgan fingerprint density at radius 1 is 1.37 bits per heavy atom. The number of carboxylic acid groups (broad SMARTS) is 1. The summed E-state index contributed by atoms with van der Waals surface area (Å²) < 4.78 is 0. The van der Waals surface area contributed by atoms with Crippen LogP contribution in [0.2, 0.25) is 0 Å². The molecule has 1 aromatic rings. The van der Waals surface area contributed by atoms with E-state index >= 15 is 0 Å². The van der Waals surface area contributed by atoms with Crippen LogP contribution in [0.3, 0.4) is 0 Å². The Morgan fingerprint density at radius 3 is 2.84 bits per heavy atom. The van der Waals surface area contributed by atoms with Gasteiger partial charge in [0.15, 0.2) is 0 Å². The third-order valence-corrected chi connectivity index (χ3v) is 3.78. The van der Waals surface area contributed by atoms with Crippen molar-refractivity contribution in [1.82, 2.24) is 0 Å². The third kappa shape index (κ3) is 3.07. The Bertz CT molecular complexity index is 459. The van der Waals surface area contributed by atoms with Crippen molar-refractivity contribution >= 4 is 11.7 Å². The molecule has 1 fully saturated rings. The van der Waals surface area contributed by atoms with Crippen LogP contribution < -0.4 is 4.90 Å². The summed E-state index contributed by atoms with van der Waals surface area (Å²) in [5.41, 5.74) is 2.11. The summed E-state index contributed by atoms with van der Waals surface area (Å²) in [4.78, 5) is 13.4. The molecule has 1 heterocycles. The molecule has 2 N–H and O–H groups in total. The highest BCUT2D eigenvalue weighted by atomic mass is 16.4. The lowest BCUT2D eigenvalue weighted by molar-refractivity contribution is 0.0697. The van der Waals surface area contributed by atoms with Gasteiger partial charge in [-0.1, -0.05) is 18.9 Å². The van der Waals surface area contributed by atoms with Gasteiger partial charge in [0.05, 0.1) is 23.9 Å². The lowest BCUT2D eigenvalue weighted by Crippen LogP contribution is -2.38. The largest absolute Gasteiger partial charge is 0.478 e. The number of hydrogen-bond acceptors (Lipinski definition) is 3. The molecule has 104 valence electrons. The Labute approximate surface area is 113 Å². The highest BCUT2D eigenvalue weighted by Crippen LogP contribution is 2.28. The zero-order valence-electron chi connectivity index (χ0n) is 11.3. The monoisotopic (exact) mass is 263 g/mol. The first-order chi connectivity index (χ1) is 9.13. The average molecular weight is 263 g/mol. The van der Waals surface area contributed by atoms with Crippen molar-refractivity contribution < 1.29 is 15.0 Å². The third-order valence-electron chi connectivity index (χ3n) is 3.78. The first kappa shape index (κ1) is 13.9. The van der Waals surface area contributed by atoms with Gasteiger partial charge in [-0.2, -0.15) is 0 Å². The fraction of sp³-hybridized carbons (Fsp3) is 0.533. The van der Waals surface area contributed by atoms with Crippen molar-refractivity contribution in [3.63, 3.8) is 0 Å². The Balaban J connectivity index is 2.42. The van der Waals surface area contributed by atoms with Gasteiger partial charge in [-0.05, 0) is 37.5 Å². The summed E-state index contributed by atoms with van der Waals surface area (Å²) in [6.07, 6.45) is 4.20. The van der Waals surface area contributed by atoms with Crippen molar-refractivity contribution in [2.45, 2.75) is 38.6 Å². The smallest absolute Gasteiger partial charge is 0.337 e. The second-order valence-electron chi connectivity index (χ2n) is 5.20. The van der Waals surface area contributed by atoms with Crippen molar-refractivity contribution in [3.05, 3.63) is 29.3 Å². The number of anilines is 1. The summed E-state index contributed by atoms with van der Waals surface area (Å²) in [5, 5.41) is 18.9. The van der Waals surface area contributed by atoms with Gasteiger partial charge in [-0.25, -0.2) is 4.79 Å². The Kier molecular flexibility index (Phi) is 4.43. The van der Waals surface area contributed by atoms with E-state index in [1.54, 1.807) is 6.07 Å². The van der Waals surface area contributed by atoms with Gasteiger partial charge < -0.3 is 15.1 Å². The summed E-state index contributed by atoms with van der Waals surface area (Å²) >= 11 is 0. The molecule has 0 aromatic heterocycles. The molecule has 0 saturated carbocycles. The van der Waals surface area contributed by atoms with Gasteiger partial charge in [-0.15, -0.1) is 0 Å². The van der Waals surface area contributed by atoms with Crippen LogP contribution in [0.25, 0.3) is 0 Å². The molecule has 1 unspecified atom stereocenters. The minimum Gasteiger partial charge on any atom is -0.478 e. The quantitative estimate of drug-likeness (QED) is 0.879. The maximum atomic E-state index is 11.4. The minimum absolute atomic E-state index is 0.0300. The van der Waals surface area contributed by atoms with Crippen molar-refractivity contribution in [1.29, 1.82) is 0 Å². The van der Waals surface area contributed by atoms with Crippen LogP contribution in [-0.2, 0) is 0 Å². The summed E-state index contributed by atoms with van der Waals surface area (Å²) in [6, 6.07) is 5.42. The van der Waals surface area contributed by atoms with E-state index in [1.165, 1.54) is 0 Å². The topological polar surface area (TPSA) is 60.8 Å². The van der Waals surface area contributed by atoms with Gasteiger partial charge in [0.2, 0.25) is 0 Å². The first-order valence-electron chi connectivity index (χ1n) is 6.85. The van der Waals surface area contributed by atoms with Gasteiger partial charge in [0, 0.05) is 6.54 Å². The van der Waals surface area contributed by atoms with E-state index in [0.29, 0.717) is 5.56 Å². The molecular formula is C15H21NO3. The number of nitrogens with zero attached hydrogens (tertiary/aromatic N) is 1. The highest BCUT2D eigenvalue weighted by molar-refractivity contribution is 5.94. The molecule has 1 aliphatic rings. The van der Waals surface area contributed by atoms with Gasteiger partial charge in [0.1, 0.15) is 0 Å². The molecule has 1 aromatic carbocycles. The van der Waals surface area contributed by atoms with E-state index in [9.17, 15) is 15.0 Å². The molecule has 4 heteroatoms. The number of benzene rings is 1. The maximum Gasteiger partial charge on any atom is 0.337 e. The van der Waals surface area contributed by atoms with Crippen LogP contribution in [-0.4, -0.2) is 35.4 Å². The standard InChI is InChI=1S/C15H21NO3/c1-11-6-7-13(15(18)19)14(9-11)16-8-4-2-3-5-12(16)10-17/h6-7,9,12,17H,2-5,8,10H2,1H3,(H,18,19). The Morgan fingerprint density at radius 2 is 2.16 bits per heavy atom. The van der Waals surface area contributed by atoms with Crippen LogP contribution in [0, 0.1) is 6.92 Å². The minimum atomic E-state index is -0.907. The van der Waals surface area contributed by atoms with Crippen molar-refractivity contribution in [2.24, 2.45) is 0 Å². The number of carbonyl (C=O) groups is 1. The number of aliphatic hydroxyl groups excluding tert-OH is 1. The normalized spacial score (nSPS) is 20.1. The molecule has 0 spiro atoms. The van der Waals surface area contributed by atoms with E-state index in [-0.39, 0.29) is 12.6 Å². The zero-order chi connectivity index (χ0) is 13.8. The first-order valence-corrected chi connectivity index (χ1v) is 6.85. The van der Waals surface area contributed by atoms with E-state index in [0.717, 1.165) is 43.5 Å². The second kappa shape index (κ2) is 6.06. The van der Waals surface area contributed by atoms with E-state index < -0.39 is 5.97 Å². The van der Waals surface area contributed by atoms with Crippen LogP contribution in [0.15, 0.2) is 18.2 Å². The molecule has 19 heavy (non-hydrogen) atoms. The SMILES string of the molecule is Cc1ccc(C(=O)O)c(N2CCCCCC2CO)c1. The lowest BCUT2D eigenvalue weighted by Gasteiger charge is -2.32. The van der Waals surface area contributed by atoms with Crippen molar-refractivity contribution in [3.8, 4) is 0 Å². The molecule has 1 atom stereocenters. The summed E-state index contributed by atoms with van der Waals surface area (Å²) in [5.74, 6) is -0.907. The maximum absolute atomic E-state index is 11.4. The number of aryl methyl sites for hydroxylation is 1. The highest BCUT2D eigenvalue weighted by Gasteiger charge is 2.24. The van der Waals surface area contributed by atoms with E-state index in [4.69, 9.17) is 0 Å². The van der Waals surface area contributed by atoms with Crippen LogP contribution >= 0.6 is 0 Å². The Hall–Kier alpha value is -1.55. The molecular weight excluding hydrogens is 242 g/mol. The van der Waals surface area contributed by atoms with Crippen molar-refractivity contribution in [2.75, 3.05) is 18.1 Å². The lowest BCUT2D eigenvalue weighted by atomic mass is 10.1. The number of rotatable bonds is 3. The predicted molar refractivity (Wildman–Crippen MR) is 74.8 cm³/mol. The molecule has 2 rings (SSSR count). The molecule has 0 bridgehead atoms. The number of carboxylic acids is 1. The molecule has 4 nitrogen and oxygen atoms in total. The fourth-order valence-corrected chi connectivity index (χ4v) is 2.74. The van der Waals surface area contributed by atoms with E-state index in [2.05, 4.69) is 4.90 Å². The van der Waals surface area contributed by atoms with Crippen LogP contribution in [0.5, 0.6) is 0 Å². The van der Waals surface area contributed by atoms with Gasteiger partial charge in [-0.3, -0.25) is 0 Å². The summed E-state index contributed by atoms with van der Waals surface area (Å²) in [7, 11) is 0.